The van der Waals surface area contributed by atoms with Crippen LogP contribution in [0.1, 0.15) is 13.8 Å². The van der Waals surface area contributed by atoms with Crippen LogP contribution in [0.2, 0.25) is 0 Å². The molecule has 106 valence electrons. The predicted molar refractivity (Wildman–Crippen MR) is 78.8 cm³/mol. The van der Waals surface area contributed by atoms with Crippen LogP contribution in [0, 0.1) is 5.92 Å². The first kappa shape index (κ1) is 14.1. The highest BCUT2D eigenvalue weighted by molar-refractivity contribution is 5.64. The van der Waals surface area contributed by atoms with E-state index in [1.54, 1.807) is 13.2 Å². The molecule has 0 unspecified atom stereocenters. The Hall–Kier alpha value is -2.30. The van der Waals surface area contributed by atoms with Crippen molar-refractivity contribution < 1.29 is 9.47 Å². The number of benzene rings is 1. The first-order valence-corrected chi connectivity index (χ1v) is 6.50. The van der Waals surface area contributed by atoms with E-state index in [2.05, 4.69) is 24.0 Å². The molecule has 0 aliphatic heterocycles. The lowest BCUT2D eigenvalue weighted by Crippen LogP contribution is -2.05. The fourth-order valence-corrected chi connectivity index (χ4v) is 1.70. The summed E-state index contributed by atoms with van der Waals surface area (Å²) in [4.78, 5) is 0. The molecule has 5 nitrogen and oxygen atoms in total. The standard InChI is InChI=1S/C15H19N3O2/c1-10(2)9-20-13-6-4-11(8-14(13)19-3)12-5-7-15(16)18-17-12/h4-8,10H,9H2,1-3H3,(H2,16,18). The smallest absolute Gasteiger partial charge is 0.161 e. The number of nitrogens with zero attached hydrogens (tertiary/aromatic N) is 2. The number of anilines is 1. The van der Waals surface area contributed by atoms with Crippen molar-refractivity contribution in [2.75, 3.05) is 19.5 Å². The van der Waals surface area contributed by atoms with E-state index in [-0.39, 0.29) is 0 Å². The number of ether oxygens (including phenoxy) is 2. The highest BCUT2D eigenvalue weighted by Gasteiger charge is 2.09. The van der Waals surface area contributed by atoms with Crippen LogP contribution in [0.4, 0.5) is 5.82 Å². The van der Waals surface area contributed by atoms with Gasteiger partial charge in [0.15, 0.2) is 11.5 Å². The molecule has 1 heterocycles. The van der Waals surface area contributed by atoms with Gasteiger partial charge >= 0.3 is 0 Å². The first-order chi connectivity index (χ1) is 9.60. The van der Waals surface area contributed by atoms with Gasteiger partial charge in [0, 0.05) is 5.56 Å². The van der Waals surface area contributed by atoms with Crippen molar-refractivity contribution in [3.63, 3.8) is 0 Å². The zero-order chi connectivity index (χ0) is 14.5. The average Bonchev–Trinajstić information content (AvgIpc) is 2.45. The van der Waals surface area contributed by atoms with Gasteiger partial charge in [-0.1, -0.05) is 13.8 Å². The second-order valence-corrected chi connectivity index (χ2v) is 4.91. The maximum atomic E-state index is 5.72. The van der Waals surface area contributed by atoms with E-state index in [1.165, 1.54) is 0 Å². The number of nitrogen functional groups attached to an aromatic ring is 1. The lowest BCUT2D eigenvalue weighted by atomic mass is 10.1. The Kier molecular flexibility index (Phi) is 4.40. The minimum absolute atomic E-state index is 0.401. The molecule has 2 aromatic rings. The summed E-state index contributed by atoms with van der Waals surface area (Å²) < 4.78 is 11.1. The molecule has 0 aliphatic carbocycles. The number of methoxy groups -OCH3 is 1. The molecular formula is C15H19N3O2. The van der Waals surface area contributed by atoms with Crippen molar-refractivity contribution in [1.82, 2.24) is 10.2 Å². The molecule has 20 heavy (non-hydrogen) atoms. The molecule has 0 saturated carbocycles. The lowest BCUT2D eigenvalue weighted by Gasteiger charge is -2.13. The second-order valence-electron chi connectivity index (χ2n) is 4.91. The van der Waals surface area contributed by atoms with Crippen LogP contribution in [-0.2, 0) is 0 Å². The van der Waals surface area contributed by atoms with Gasteiger partial charge in [-0.3, -0.25) is 0 Å². The summed E-state index contributed by atoms with van der Waals surface area (Å²) in [5, 5.41) is 7.91. The number of hydrogen-bond donors (Lipinski definition) is 1. The third-order valence-electron chi connectivity index (χ3n) is 2.72. The number of hydrogen-bond acceptors (Lipinski definition) is 5. The Balaban J connectivity index is 2.26. The summed E-state index contributed by atoms with van der Waals surface area (Å²) >= 11 is 0. The molecule has 0 radical (unpaired) electrons. The van der Waals surface area contributed by atoms with E-state index in [4.69, 9.17) is 15.2 Å². The summed E-state index contributed by atoms with van der Waals surface area (Å²) in [6, 6.07) is 9.24. The molecule has 5 heteroatoms. The molecule has 2 N–H and O–H groups in total. The summed E-state index contributed by atoms with van der Waals surface area (Å²) in [6.45, 7) is 4.85. The van der Waals surface area contributed by atoms with Crippen molar-refractivity contribution >= 4 is 5.82 Å². The van der Waals surface area contributed by atoms with Crippen molar-refractivity contribution in [2.45, 2.75) is 13.8 Å². The van der Waals surface area contributed by atoms with Gasteiger partial charge in [-0.15, -0.1) is 10.2 Å². The van der Waals surface area contributed by atoms with Crippen molar-refractivity contribution in [3.05, 3.63) is 30.3 Å². The van der Waals surface area contributed by atoms with E-state index in [1.807, 2.05) is 24.3 Å². The molecular weight excluding hydrogens is 254 g/mol. The van der Waals surface area contributed by atoms with E-state index in [9.17, 15) is 0 Å². The van der Waals surface area contributed by atoms with E-state index in [0.29, 0.717) is 24.1 Å². The van der Waals surface area contributed by atoms with Gasteiger partial charge in [-0.05, 0) is 36.2 Å². The van der Waals surface area contributed by atoms with Crippen LogP contribution in [0.3, 0.4) is 0 Å². The summed E-state index contributed by atoms with van der Waals surface area (Å²) in [5.41, 5.74) is 7.19. The third-order valence-corrected chi connectivity index (χ3v) is 2.72. The first-order valence-electron chi connectivity index (χ1n) is 6.50. The monoisotopic (exact) mass is 273 g/mol. The number of nitrogens with two attached hydrogens (primary N) is 1. The Morgan fingerprint density at radius 2 is 1.90 bits per heavy atom. The minimum atomic E-state index is 0.401. The van der Waals surface area contributed by atoms with E-state index in [0.717, 1.165) is 17.0 Å². The predicted octanol–water partition coefficient (Wildman–Crippen LogP) is 2.77. The van der Waals surface area contributed by atoms with Crippen molar-refractivity contribution in [2.24, 2.45) is 5.92 Å². The molecule has 0 fully saturated rings. The quantitative estimate of drug-likeness (QED) is 0.907. The van der Waals surface area contributed by atoms with E-state index >= 15 is 0 Å². The van der Waals surface area contributed by atoms with Crippen LogP contribution in [0.5, 0.6) is 11.5 Å². The van der Waals surface area contributed by atoms with Crippen LogP contribution < -0.4 is 15.2 Å². The maximum absolute atomic E-state index is 5.72. The minimum Gasteiger partial charge on any atom is -0.493 e. The maximum Gasteiger partial charge on any atom is 0.161 e. The Morgan fingerprint density at radius 3 is 2.50 bits per heavy atom. The van der Waals surface area contributed by atoms with Gasteiger partial charge in [0.2, 0.25) is 0 Å². The van der Waals surface area contributed by atoms with Crippen molar-refractivity contribution in [1.29, 1.82) is 0 Å². The van der Waals surface area contributed by atoms with Crippen LogP contribution >= 0.6 is 0 Å². The highest BCUT2D eigenvalue weighted by atomic mass is 16.5. The molecule has 0 spiro atoms. The van der Waals surface area contributed by atoms with Crippen molar-refractivity contribution in [3.8, 4) is 22.8 Å². The van der Waals surface area contributed by atoms with Crippen LogP contribution in [0.25, 0.3) is 11.3 Å². The Bertz CT molecular complexity index is 568. The second kappa shape index (κ2) is 6.23. The Morgan fingerprint density at radius 1 is 1.10 bits per heavy atom. The van der Waals surface area contributed by atoms with Gasteiger partial charge in [0.05, 0.1) is 19.4 Å². The normalized spacial score (nSPS) is 10.6. The zero-order valence-electron chi connectivity index (χ0n) is 12.0. The molecule has 0 aliphatic rings. The third kappa shape index (κ3) is 3.38. The number of aromatic nitrogens is 2. The molecule has 1 aromatic heterocycles. The average molecular weight is 273 g/mol. The van der Waals surface area contributed by atoms with Gasteiger partial charge in [0.1, 0.15) is 5.82 Å². The molecule has 0 saturated heterocycles. The Labute approximate surface area is 118 Å². The highest BCUT2D eigenvalue weighted by Crippen LogP contribution is 2.32. The zero-order valence-corrected chi connectivity index (χ0v) is 12.0. The van der Waals surface area contributed by atoms with Crippen LogP contribution in [-0.4, -0.2) is 23.9 Å². The molecule has 0 atom stereocenters. The molecule has 1 aromatic carbocycles. The summed E-state index contributed by atoms with van der Waals surface area (Å²) in [7, 11) is 1.62. The topological polar surface area (TPSA) is 70.3 Å². The lowest BCUT2D eigenvalue weighted by molar-refractivity contribution is 0.257. The van der Waals surface area contributed by atoms with E-state index < -0.39 is 0 Å². The van der Waals surface area contributed by atoms with Crippen LogP contribution in [0.15, 0.2) is 30.3 Å². The van der Waals surface area contributed by atoms with Gasteiger partial charge in [-0.2, -0.15) is 0 Å². The number of rotatable bonds is 5. The molecule has 0 bridgehead atoms. The van der Waals surface area contributed by atoms with Gasteiger partial charge < -0.3 is 15.2 Å². The fraction of sp³-hybridized carbons (Fsp3) is 0.333. The van der Waals surface area contributed by atoms with Gasteiger partial charge in [-0.25, -0.2) is 0 Å². The summed E-state index contributed by atoms with van der Waals surface area (Å²) in [6.07, 6.45) is 0. The summed E-state index contributed by atoms with van der Waals surface area (Å²) in [5.74, 6) is 2.27. The SMILES string of the molecule is COc1cc(-c2ccc(N)nn2)ccc1OCC(C)C. The molecule has 2 rings (SSSR count). The fourth-order valence-electron chi connectivity index (χ4n) is 1.70. The largest absolute Gasteiger partial charge is 0.493 e. The molecule has 0 amide bonds. The van der Waals surface area contributed by atoms with Gasteiger partial charge in [0.25, 0.3) is 0 Å².